The molecule has 0 spiro atoms. The van der Waals surface area contributed by atoms with E-state index in [1.165, 1.54) is 0 Å². The van der Waals surface area contributed by atoms with Crippen LogP contribution in [0.1, 0.15) is 0 Å². The van der Waals surface area contributed by atoms with Crippen LogP contribution in [0.2, 0.25) is 0 Å². The van der Waals surface area contributed by atoms with Gasteiger partial charge in [-0.15, -0.1) is 12.4 Å². The van der Waals surface area contributed by atoms with Crippen molar-refractivity contribution in [3.8, 4) is 11.5 Å². The number of nitrogens with zero attached hydrogens (tertiary/aromatic N) is 1. The third-order valence-corrected chi connectivity index (χ3v) is 2.78. The quantitative estimate of drug-likeness (QED) is 0.766. The van der Waals surface area contributed by atoms with E-state index >= 15 is 0 Å². The number of nitrogen functional groups attached to an aromatic ring is 1. The standard InChI is InChI=1S/C15H12N2O.ClH/c16-13-10-17-9-8-15(13)18-14-7-3-5-11-4-1-2-6-12(11)14;/h1-10H,16H2;1H. The second-order valence-electron chi connectivity index (χ2n) is 3.99. The van der Waals surface area contributed by atoms with Gasteiger partial charge in [-0.3, -0.25) is 4.98 Å². The van der Waals surface area contributed by atoms with Crippen LogP contribution < -0.4 is 10.5 Å². The number of halogens is 1. The van der Waals surface area contributed by atoms with Crippen molar-refractivity contribution in [1.82, 2.24) is 4.98 Å². The molecule has 0 unspecified atom stereocenters. The number of nitrogens with two attached hydrogens (primary N) is 1. The Labute approximate surface area is 117 Å². The molecular formula is C15H13ClN2O. The molecule has 0 atom stereocenters. The first-order valence-corrected chi connectivity index (χ1v) is 5.70. The lowest BCUT2D eigenvalue weighted by Gasteiger charge is -2.10. The number of benzene rings is 2. The Morgan fingerprint density at radius 1 is 0.895 bits per heavy atom. The molecule has 3 aromatic rings. The Balaban J connectivity index is 0.00000133. The summed E-state index contributed by atoms with van der Waals surface area (Å²) < 4.78 is 5.86. The molecule has 0 amide bonds. The SMILES string of the molecule is Cl.Nc1cnccc1Oc1cccc2ccccc12. The van der Waals surface area contributed by atoms with E-state index in [1.54, 1.807) is 18.5 Å². The molecular weight excluding hydrogens is 260 g/mol. The average molecular weight is 273 g/mol. The minimum atomic E-state index is 0. The van der Waals surface area contributed by atoms with Crippen molar-refractivity contribution in [2.24, 2.45) is 0 Å². The topological polar surface area (TPSA) is 48.1 Å². The van der Waals surface area contributed by atoms with E-state index in [-0.39, 0.29) is 12.4 Å². The molecule has 2 aromatic carbocycles. The van der Waals surface area contributed by atoms with Crippen molar-refractivity contribution >= 4 is 28.9 Å². The van der Waals surface area contributed by atoms with Crippen LogP contribution >= 0.6 is 12.4 Å². The normalized spacial score (nSPS) is 9.89. The molecule has 0 radical (unpaired) electrons. The van der Waals surface area contributed by atoms with Gasteiger partial charge in [0.25, 0.3) is 0 Å². The number of fused-ring (bicyclic) bond motifs is 1. The zero-order chi connectivity index (χ0) is 12.4. The van der Waals surface area contributed by atoms with Crippen LogP contribution in [0.5, 0.6) is 11.5 Å². The lowest BCUT2D eigenvalue weighted by Crippen LogP contribution is -1.93. The first-order valence-electron chi connectivity index (χ1n) is 5.70. The third-order valence-electron chi connectivity index (χ3n) is 2.78. The molecule has 96 valence electrons. The first-order chi connectivity index (χ1) is 8.84. The van der Waals surface area contributed by atoms with Crippen molar-refractivity contribution < 1.29 is 4.74 Å². The lowest BCUT2D eigenvalue weighted by molar-refractivity contribution is 0.490. The van der Waals surface area contributed by atoms with Crippen molar-refractivity contribution in [1.29, 1.82) is 0 Å². The number of anilines is 1. The minimum absolute atomic E-state index is 0. The molecule has 0 aliphatic heterocycles. The van der Waals surface area contributed by atoms with E-state index in [2.05, 4.69) is 17.1 Å². The number of hydrogen-bond acceptors (Lipinski definition) is 3. The zero-order valence-electron chi connectivity index (χ0n) is 10.1. The summed E-state index contributed by atoms with van der Waals surface area (Å²) in [6.07, 6.45) is 3.25. The van der Waals surface area contributed by atoms with Crippen molar-refractivity contribution in [2.75, 3.05) is 5.73 Å². The summed E-state index contributed by atoms with van der Waals surface area (Å²) in [7, 11) is 0. The van der Waals surface area contributed by atoms with Gasteiger partial charge in [0.15, 0.2) is 5.75 Å². The lowest BCUT2D eigenvalue weighted by atomic mass is 10.1. The van der Waals surface area contributed by atoms with E-state index in [0.29, 0.717) is 11.4 Å². The van der Waals surface area contributed by atoms with Gasteiger partial charge in [0.1, 0.15) is 5.75 Å². The van der Waals surface area contributed by atoms with Gasteiger partial charge in [-0.05, 0) is 11.5 Å². The summed E-state index contributed by atoms with van der Waals surface area (Å²) in [4.78, 5) is 3.94. The van der Waals surface area contributed by atoms with Crippen LogP contribution in [0.15, 0.2) is 60.9 Å². The monoisotopic (exact) mass is 272 g/mol. The smallest absolute Gasteiger partial charge is 0.153 e. The highest BCUT2D eigenvalue weighted by molar-refractivity contribution is 5.88. The predicted octanol–water partition coefficient (Wildman–Crippen LogP) is 4.03. The summed E-state index contributed by atoms with van der Waals surface area (Å²) in [5.41, 5.74) is 6.36. The fourth-order valence-corrected chi connectivity index (χ4v) is 1.89. The number of hydrogen-bond donors (Lipinski definition) is 1. The highest BCUT2D eigenvalue weighted by Crippen LogP contribution is 2.31. The Bertz CT molecular complexity index is 695. The Hall–Kier alpha value is -2.26. The molecule has 4 heteroatoms. The summed E-state index contributed by atoms with van der Waals surface area (Å²) in [5, 5.41) is 2.21. The third kappa shape index (κ3) is 2.61. The summed E-state index contributed by atoms with van der Waals surface area (Å²) in [5.74, 6) is 1.42. The van der Waals surface area contributed by atoms with Crippen LogP contribution in [0.25, 0.3) is 10.8 Å². The van der Waals surface area contributed by atoms with Gasteiger partial charge in [0.2, 0.25) is 0 Å². The zero-order valence-corrected chi connectivity index (χ0v) is 10.9. The van der Waals surface area contributed by atoms with Gasteiger partial charge in [-0.25, -0.2) is 0 Å². The second kappa shape index (κ2) is 5.59. The van der Waals surface area contributed by atoms with Crippen LogP contribution in [-0.2, 0) is 0 Å². The van der Waals surface area contributed by atoms with Crippen LogP contribution in [-0.4, -0.2) is 4.98 Å². The van der Waals surface area contributed by atoms with Gasteiger partial charge in [0, 0.05) is 17.6 Å². The molecule has 0 bridgehead atoms. The fraction of sp³-hybridized carbons (Fsp3) is 0. The predicted molar refractivity (Wildman–Crippen MR) is 79.9 cm³/mol. The second-order valence-corrected chi connectivity index (χ2v) is 3.99. The van der Waals surface area contributed by atoms with E-state index in [9.17, 15) is 0 Å². The van der Waals surface area contributed by atoms with Gasteiger partial charge >= 0.3 is 0 Å². The van der Waals surface area contributed by atoms with Gasteiger partial charge in [-0.1, -0.05) is 36.4 Å². The van der Waals surface area contributed by atoms with Gasteiger partial charge < -0.3 is 10.5 Å². The minimum Gasteiger partial charge on any atom is -0.454 e. The highest BCUT2D eigenvalue weighted by atomic mass is 35.5. The van der Waals surface area contributed by atoms with Crippen LogP contribution in [0, 0.1) is 0 Å². The number of ether oxygens (including phenoxy) is 1. The number of aromatic nitrogens is 1. The van der Waals surface area contributed by atoms with Crippen LogP contribution in [0.3, 0.4) is 0 Å². The largest absolute Gasteiger partial charge is 0.454 e. The maximum absolute atomic E-state index is 5.86. The molecule has 3 rings (SSSR count). The Morgan fingerprint density at radius 2 is 1.68 bits per heavy atom. The molecule has 0 saturated heterocycles. The molecule has 0 aliphatic rings. The fourth-order valence-electron chi connectivity index (χ4n) is 1.89. The summed E-state index contributed by atoms with van der Waals surface area (Å²) in [6.45, 7) is 0. The summed E-state index contributed by atoms with van der Waals surface area (Å²) in [6, 6.07) is 15.8. The molecule has 0 fully saturated rings. The molecule has 1 aromatic heterocycles. The molecule has 19 heavy (non-hydrogen) atoms. The van der Waals surface area contributed by atoms with Gasteiger partial charge in [-0.2, -0.15) is 0 Å². The van der Waals surface area contributed by atoms with E-state index < -0.39 is 0 Å². The maximum Gasteiger partial charge on any atom is 0.153 e. The Kier molecular flexibility index (Phi) is 3.88. The van der Waals surface area contributed by atoms with Crippen molar-refractivity contribution in [2.45, 2.75) is 0 Å². The average Bonchev–Trinajstić information content (AvgIpc) is 2.42. The van der Waals surface area contributed by atoms with E-state index in [0.717, 1.165) is 16.5 Å². The van der Waals surface area contributed by atoms with Crippen LogP contribution in [0.4, 0.5) is 5.69 Å². The first kappa shape index (κ1) is 13.2. The molecule has 1 heterocycles. The van der Waals surface area contributed by atoms with E-state index in [4.69, 9.17) is 10.5 Å². The molecule has 0 saturated carbocycles. The number of pyridine rings is 1. The number of rotatable bonds is 2. The van der Waals surface area contributed by atoms with Crippen molar-refractivity contribution in [3.63, 3.8) is 0 Å². The highest BCUT2D eigenvalue weighted by Gasteiger charge is 2.05. The van der Waals surface area contributed by atoms with Crippen molar-refractivity contribution in [3.05, 3.63) is 60.9 Å². The maximum atomic E-state index is 5.86. The molecule has 2 N–H and O–H groups in total. The molecule has 0 aliphatic carbocycles. The molecule has 3 nitrogen and oxygen atoms in total. The van der Waals surface area contributed by atoms with E-state index in [1.807, 2.05) is 30.3 Å². The summed E-state index contributed by atoms with van der Waals surface area (Å²) >= 11 is 0. The Morgan fingerprint density at radius 3 is 2.53 bits per heavy atom. The van der Waals surface area contributed by atoms with Gasteiger partial charge in [0.05, 0.1) is 11.9 Å².